The number of nitrogens with one attached hydrogen (secondary N) is 1. The van der Waals surface area contributed by atoms with Gasteiger partial charge in [-0.05, 0) is 37.5 Å². The number of urea groups is 1. The normalized spacial score (nSPS) is 16.7. The van der Waals surface area contributed by atoms with Gasteiger partial charge in [0.15, 0.2) is 0 Å². The zero-order chi connectivity index (χ0) is 17.1. The van der Waals surface area contributed by atoms with Gasteiger partial charge in [0, 0.05) is 18.2 Å². The van der Waals surface area contributed by atoms with Crippen molar-refractivity contribution in [2.45, 2.75) is 32.4 Å². The maximum atomic E-state index is 12.8. The number of carbonyl (C=O) groups excluding carboxylic acids is 1. The van der Waals surface area contributed by atoms with Crippen molar-refractivity contribution in [3.8, 4) is 5.75 Å². The molecule has 1 aliphatic rings. The molecule has 0 saturated carbocycles. The Morgan fingerprint density at radius 1 is 1.12 bits per heavy atom. The third-order valence-corrected chi connectivity index (χ3v) is 4.39. The number of ether oxygens (including phenoxy) is 1. The molecule has 3 rings (SSSR count). The molecular weight excluding hydrogens is 300 g/mol. The van der Waals surface area contributed by atoms with Gasteiger partial charge in [-0.25, -0.2) is 4.79 Å². The van der Waals surface area contributed by atoms with E-state index in [1.165, 1.54) is 11.1 Å². The Balaban J connectivity index is 2.09. The lowest BCUT2D eigenvalue weighted by atomic mass is 9.88. The predicted octanol–water partition coefficient (Wildman–Crippen LogP) is 3.76. The second-order valence-electron chi connectivity index (χ2n) is 6.39. The van der Waals surface area contributed by atoms with Crippen molar-refractivity contribution in [3.63, 3.8) is 0 Å². The van der Waals surface area contributed by atoms with Crippen LogP contribution < -0.4 is 10.1 Å². The largest absolute Gasteiger partial charge is 0.496 e. The van der Waals surface area contributed by atoms with Gasteiger partial charge in [0.1, 0.15) is 5.75 Å². The monoisotopic (exact) mass is 324 g/mol. The first-order chi connectivity index (χ1) is 11.6. The molecule has 1 N–H and O–H groups in total. The Kier molecular flexibility index (Phi) is 4.74. The summed E-state index contributed by atoms with van der Waals surface area (Å²) >= 11 is 0. The molecule has 2 aromatic carbocycles. The van der Waals surface area contributed by atoms with Gasteiger partial charge in [0.2, 0.25) is 0 Å². The van der Waals surface area contributed by atoms with Crippen molar-refractivity contribution in [1.29, 1.82) is 0 Å². The smallest absolute Gasteiger partial charge is 0.318 e. The molecule has 0 bridgehead atoms. The Bertz CT molecular complexity index is 727. The zero-order valence-electron chi connectivity index (χ0n) is 14.5. The van der Waals surface area contributed by atoms with Gasteiger partial charge in [-0.3, -0.25) is 0 Å². The summed E-state index contributed by atoms with van der Waals surface area (Å²) in [5.41, 5.74) is 3.49. The SMILES string of the molecule is COc1ccccc1C1c2ccccc2CCN1C(=O)NC(C)C. The first-order valence-corrected chi connectivity index (χ1v) is 8.39. The average molecular weight is 324 g/mol. The Morgan fingerprint density at radius 2 is 1.79 bits per heavy atom. The molecule has 24 heavy (non-hydrogen) atoms. The standard InChI is InChI=1S/C20H24N2O2/c1-14(2)21-20(23)22-13-12-15-8-4-5-9-16(15)19(22)17-10-6-7-11-18(17)24-3/h4-11,14,19H,12-13H2,1-3H3,(H,21,23). The summed E-state index contributed by atoms with van der Waals surface area (Å²) < 4.78 is 5.56. The molecule has 126 valence electrons. The molecule has 1 unspecified atom stereocenters. The van der Waals surface area contributed by atoms with Crippen molar-refractivity contribution in [2.75, 3.05) is 13.7 Å². The highest BCUT2D eigenvalue weighted by atomic mass is 16.5. The number of methoxy groups -OCH3 is 1. The van der Waals surface area contributed by atoms with Crippen molar-refractivity contribution < 1.29 is 9.53 Å². The van der Waals surface area contributed by atoms with Gasteiger partial charge in [0.25, 0.3) is 0 Å². The molecule has 4 heteroatoms. The summed E-state index contributed by atoms with van der Waals surface area (Å²) in [6.07, 6.45) is 0.868. The van der Waals surface area contributed by atoms with Gasteiger partial charge in [0.05, 0.1) is 13.2 Å². The average Bonchev–Trinajstić information content (AvgIpc) is 2.60. The molecule has 1 heterocycles. The van der Waals surface area contributed by atoms with Crippen LogP contribution in [0.15, 0.2) is 48.5 Å². The van der Waals surface area contributed by atoms with Crippen LogP contribution in [0.2, 0.25) is 0 Å². The van der Waals surface area contributed by atoms with Gasteiger partial charge < -0.3 is 15.0 Å². The van der Waals surface area contributed by atoms with Crippen molar-refractivity contribution in [3.05, 3.63) is 65.2 Å². The number of amides is 2. The summed E-state index contributed by atoms with van der Waals surface area (Å²) in [6.45, 7) is 4.65. The maximum absolute atomic E-state index is 12.8. The summed E-state index contributed by atoms with van der Waals surface area (Å²) in [5, 5.41) is 3.03. The van der Waals surface area contributed by atoms with Crippen LogP contribution in [-0.4, -0.2) is 30.6 Å². The van der Waals surface area contributed by atoms with E-state index >= 15 is 0 Å². The number of fused-ring (bicyclic) bond motifs is 1. The van der Waals surface area contributed by atoms with E-state index in [4.69, 9.17) is 4.74 Å². The summed E-state index contributed by atoms with van der Waals surface area (Å²) in [7, 11) is 1.67. The molecule has 0 aromatic heterocycles. The van der Waals surface area contributed by atoms with Crippen molar-refractivity contribution in [2.24, 2.45) is 0 Å². The molecule has 1 atom stereocenters. The molecule has 0 radical (unpaired) electrons. The molecule has 0 spiro atoms. The van der Waals surface area contributed by atoms with E-state index in [2.05, 4.69) is 23.5 Å². The third-order valence-electron chi connectivity index (χ3n) is 4.39. The van der Waals surface area contributed by atoms with Crippen molar-refractivity contribution in [1.82, 2.24) is 10.2 Å². The molecular formula is C20H24N2O2. The predicted molar refractivity (Wildman–Crippen MR) is 95.4 cm³/mol. The highest BCUT2D eigenvalue weighted by molar-refractivity contribution is 5.76. The van der Waals surface area contributed by atoms with Crippen LogP contribution in [-0.2, 0) is 6.42 Å². The second-order valence-corrected chi connectivity index (χ2v) is 6.39. The fourth-order valence-corrected chi connectivity index (χ4v) is 3.34. The minimum atomic E-state index is -0.134. The lowest BCUT2D eigenvalue weighted by Gasteiger charge is -2.38. The van der Waals surface area contributed by atoms with Crippen LogP contribution in [0.1, 0.15) is 36.6 Å². The van der Waals surface area contributed by atoms with E-state index in [1.807, 2.05) is 49.1 Å². The van der Waals surface area contributed by atoms with Crippen LogP contribution in [0, 0.1) is 0 Å². The molecule has 1 aliphatic heterocycles. The van der Waals surface area contributed by atoms with E-state index in [0.29, 0.717) is 6.54 Å². The summed E-state index contributed by atoms with van der Waals surface area (Å²) in [4.78, 5) is 14.7. The second kappa shape index (κ2) is 6.95. The number of rotatable bonds is 3. The zero-order valence-corrected chi connectivity index (χ0v) is 14.5. The number of nitrogens with zero attached hydrogens (tertiary/aromatic N) is 1. The topological polar surface area (TPSA) is 41.6 Å². The molecule has 0 aliphatic carbocycles. The number of benzene rings is 2. The quantitative estimate of drug-likeness (QED) is 0.934. The lowest BCUT2D eigenvalue weighted by Crippen LogP contribution is -2.47. The number of hydrogen-bond donors (Lipinski definition) is 1. The third kappa shape index (κ3) is 3.09. The number of carbonyl (C=O) groups is 1. The number of para-hydroxylation sites is 1. The van der Waals surface area contributed by atoms with E-state index in [1.54, 1.807) is 7.11 Å². The summed E-state index contributed by atoms with van der Waals surface area (Å²) in [5.74, 6) is 0.807. The van der Waals surface area contributed by atoms with Gasteiger partial charge in [-0.2, -0.15) is 0 Å². The molecule has 0 fully saturated rings. The maximum Gasteiger partial charge on any atom is 0.318 e. The highest BCUT2D eigenvalue weighted by Crippen LogP contribution is 2.39. The Morgan fingerprint density at radius 3 is 2.50 bits per heavy atom. The molecule has 4 nitrogen and oxygen atoms in total. The highest BCUT2D eigenvalue weighted by Gasteiger charge is 2.33. The van der Waals surface area contributed by atoms with Crippen LogP contribution in [0.3, 0.4) is 0 Å². The fraction of sp³-hybridized carbons (Fsp3) is 0.350. The van der Waals surface area contributed by atoms with Crippen LogP contribution in [0.4, 0.5) is 4.79 Å². The van der Waals surface area contributed by atoms with E-state index in [0.717, 1.165) is 17.7 Å². The van der Waals surface area contributed by atoms with E-state index in [-0.39, 0.29) is 18.1 Å². The first-order valence-electron chi connectivity index (χ1n) is 8.39. The lowest BCUT2D eigenvalue weighted by molar-refractivity contribution is 0.176. The summed E-state index contributed by atoms with van der Waals surface area (Å²) in [6, 6.07) is 16.2. The van der Waals surface area contributed by atoms with Gasteiger partial charge in [-0.1, -0.05) is 42.5 Å². The number of hydrogen-bond acceptors (Lipinski definition) is 2. The Labute approximate surface area is 143 Å². The van der Waals surface area contributed by atoms with Crippen LogP contribution in [0.5, 0.6) is 5.75 Å². The van der Waals surface area contributed by atoms with Gasteiger partial charge in [-0.15, -0.1) is 0 Å². The molecule has 2 amide bonds. The van der Waals surface area contributed by atoms with E-state index in [9.17, 15) is 4.79 Å². The van der Waals surface area contributed by atoms with E-state index < -0.39 is 0 Å². The fourth-order valence-electron chi connectivity index (χ4n) is 3.34. The Hall–Kier alpha value is -2.49. The minimum absolute atomic E-state index is 0.0320. The van der Waals surface area contributed by atoms with Gasteiger partial charge >= 0.3 is 6.03 Å². The van der Waals surface area contributed by atoms with Crippen LogP contribution in [0.25, 0.3) is 0 Å². The first kappa shape index (κ1) is 16.4. The minimum Gasteiger partial charge on any atom is -0.496 e. The van der Waals surface area contributed by atoms with Crippen molar-refractivity contribution >= 4 is 6.03 Å². The molecule has 2 aromatic rings. The van der Waals surface area contributed by atoms with Crippen LogP contribution >= 0.6 is 0 Å². The molecule has 0 saturated heterocycles.